The molecule has 0 fully saturated rings. The van der Waals surface area contributed by atoms with Crippen molar-refractivity contribution in [2.45, 2.75) is 26.4 Å². The molecule has 32 heavy (non-hydrogen) atoms. The van der Waals surface area contributed by atoms with E-state index in [1.54, 1.807) is 37.7 Å². The summed E-state index contributed by atoms with van der Waals surface area (Å²) in [6.45, 7) is 2.11. The van der Waals surface area contributed by atoms with E-state index in [0.29, 0.717) is 12.1 Å². The number of hydrogen-bond donors (Lipinski definition) is 1. The summed E-state index contributed by atoms with van der Waals surface area (Å²) < 4.78 is 10.5. The SMILES string of the molecule is COc1cccc(/C=C/C(=O)Nc2cccc(COC(=O)CCc3cncc(C)c3)c2)c1. The second kappa shape index (κ2) is 11.5. The lowest BCUT2D eigenvalue weighted by Crippen LogP contribution is -2.09. The molecule has 0 radical (unpaired) electrons. The minimum Gasteiger partial charge on any atom is -0.497 e. The molecule has 0 saturated heterocycles. The summed E-state index contributed by atoms with van der Waals surface area (Å²) in [5, 5.41) is 2.82. The van der Waals surface area contributed by atoms with E-state index in [2.05, 4.69) is 10.3 Å². The molecule has 0 aliphatic rings. The van der Waals surface area contributed by atoms with Crippen molar-refractivity contribution in [2.24, 2.45) is 0 Å². The van der Waals surface area contributed by atoms with Crippen LogP contribution in [0.5, 0.6) is 5.75 Å². The van der Waals surface area contributed by atoms with Gasteiger partial charge in [0.25, 0.3) is 0 Å². The monoisotopic (exact) mass is 430 g/mol. The molecule has 0 unspecified atom stereocenters. The minimum absolute atomic E-state index is 0.147. The summed E-state index contributed by atoms with van der Waals surface area (Å²) in [5.74, 6) is 0.196. The molecule has 3 aromatic rings. The van der Waals surface area contributed by atoms with E-state index >= 15 is 0 Å². The number of carbonyl (C=O) groups excluding carboxylic acids is 2. The molecule has 6 nitrogen and oxygen atoms in total. The number of hydrogen-bond acceptors (Lipinski definition) is 5. The highest BCUT2D eigenvalue weighted by Gasteiger charge is 2.06. The van der Waals surface area contributed by atoms with Crippen LogP contribution in [0.1, 0.15) is 28.7 Å². The number of carbonyl (C=O) groups is 2. The molecule has 0 spiro atoms. The van der Waals surface area contributed by atoms with Crippen LogP contribution in [0.2, 0.25) is 0 Å². The maximum absolute atomic E-state index is 12.2. The van der Waals surface area contributed by atoms with Crippen molar-refractivity contribution < 1.29 is 19.1 Å². The third-order valence-corrected chi connectivity index (χ3v) is 4.66. The molecular formula is C26H26N2O4. The summed E-state index contributed by atoms with van der Waals surface area (Å²) in [5.41, 5.74) is 4.36. The molecule has 2 aromatic carbocycles. The number of esters is 1. The molecule has 1 aromatic heterocycles. The number of pyridine rings is 1. The topological polar surface area (TPSA) is 77.5 Å². The van der Waals surface area contributed by atoms with Crippen molar-refractivity contribution in [2.75, 3.05) is 12.4 Å². The van der Waals surface area contributed by atoms with Gasteiger partial charge in [-0.2, -0.15) is 0 Å². The van der Waals surface area contributed by atoms with Gasteiger partial charge in [-0.25, -0.2) is 0 Å². The zero-order valence-electron chi connectivity index (χ0n) is 18.2. The number of aryl methyl sites for hydroxylation is 2. The average molecular weight is 431 g/mol. The van der Waals surface area contributed by atoms with Gasteiger partial charge in [0, 0.05) is 30.6 Å². The first-order valence-electron chi connectivity index (χ1n) is 10.3. The number of nitrogens with one attached hydrogen (secondary N) is 1. The Morgan fingerprint density at radius 3 is 2.69 bits per heavy atom. The van der Waals surface area contributed by atoms with Crippen molar-refractivity contribution in [3.63, 3.8) is 0 Å². The largest absolute Gasteiger partial charge is 0.497 e. The van der Waals surface area contributed by atoms with Crippen molar-refractivity contribution in [3.05, 3.63) is 95.3 Å². The van der Waals surface area contributed by atoms with Crippen LogP contribution in [0.3, 0.4) is 0 Å². The smallest absolute Gasteiger partial charge is 0.306 e. The zero-order chi connectivity index (χ0) is 22.8. The number of nitrogens with zero attached hydrogens (tertiary/aromatic N) is 1. The van der Waals surface area contributed by atoms with E-state index in [1.165, 1.54) is 6.08 Å². The fourth-order valence-corrected chi connectivity index (χ4v) is 3.08. The summed E-state index contributed by atoms with van der Waals surface area (Å²) in [7, 11) is 1.60. The summed E-state index contributed by atoms with van der Waals surface area (Å²) >= 11 is 0. The predicted octanol–water partition coefficient (Wildman–Crippen LogP) is 4.73. The van der Waals surface area contributed by atoms with Gasteiger partial charge in [-0.05, 0) is 65.9 Å². The Morgan fingerprint density at radius 2 is 1.88 bits per heavy atom. The summed E-state index contributed by atoms with van der Waals surface area (Å²) in [4.78, 5) is 28.4. The number of anilines is 1. The first-order chi connectivity index (χ1) is 15.5. The Bertz CT molecular complexity index is 1110. The Kier molecular flexibility index (Phi) is 8.15. The molecule has 1 N–H and O–H groups in total. The summed E-state index contributed by atoms with van der Waals surface area (Å²) in [6.07, 6.45) is 7.59. The third kappa shape index (κ3) is 7.40. The molecule has 0 saturated carbocycles. The van der Waals surface area contributed by atoms with Crippen LogP contribution in [-0.2, 0) is 27.4 Å². The van der Waals surface area contributed by atoms with Gasteiger partial charge >= 0.3 is 5.97 Å². The normalized spacial score (nSPS) is 10.7. The van der Waals surface area contributed by atoms with Gasteiger partial charge in [-0.3, -0.25) is 14.6 Å². The quantitative estimate of drug-likeness (QED) is 0.392. The Labute approximate surface area is 187 Å². The molecule has 0 atom stereocenters. The molecule has 0 aliphatic carbocycles. The van der Waals surface area contributed by atoms with Gasteiger partial charge in [0.15, 0.2) is 0 Å². The molecule has 6 heteroatoms. The molecular weight excluding hydrogens is 404 g/mol. The molecule has 0 aliphatic heterocycles. The third-order valence-electron chi connectivity index (χ3n) is 4.66. The number of benzene rings is 2. The van der Waals surface area contributed by atoms with E-state index in [4.69, 9.17) is 9.47 Å². The average Bonchev–Trinajstić information content (AvgIpc) is 2.80. The lowest BCUT2D eigenvalue weighted by atomic mass is 10.1. The number of ether oxygens (including phenoxy) is 2. The zero-order valence-corrected chi connectivity index (χ0v) is 18.2. The van der Waals surface area contributed by atoms with Crippen molar-refractivity contribution >= 4 is 23.6 Å². The van der Waals surface area contributed by atoms with Crippen LogP contribution in [0, 0.1) is 6.92 Å². The van der Waals surface area contributed by atoms with Crippen molar-refractivity contribution in [3.8, 4) is 5.75 Å². The highest BCUT2D eigenvalue weighted by Crippen LogP contribution is 2.15. The van der Waals surface area contributed by atoms with Gasteiger partial charge in [-0.1, -0.05) is 30.3 Å². The van der Waals surface area contributed by atoms with Crippen LogP contribution in [0.4, 0.5) is 5.69 Å². The highest BCUT2D eigenvalue weighted by molar-refractivity contribution is 6.02. The highest BCUT2D eigenvalue weighted by atomic mass is 16.5. The van der Waals surface area contributed by atoms with Gasteiger partial charge in [0.05, 0.1) is 7.11 Å². The predicted molar refractivity (Wildman–Crippen MR) is 124 cm³/mol. The number of methoxy groups -OCH3 is 1. The summed E-state index contributed by atoms with van der Waals surface area (Å²) in [6, 6.07) is 16.7. The second-order valence-corrected chi connectivity index (χ2v) is 7.33. The standard InChI is InChI=1S/C26H26N2O4/c1-19-13-21(17-27-16-19)10-12-26(30)32-18-22-6-3-7-23(14-22)28-25(29)11-9-20-5-4-8-24(15-20)31-2/h3-9,11,13-17H,10,12,18H2,1-2H3,(H,28,29)/b11-9+. The fourth-order valence-electron chi connectivity index (χ4n) is 3.08. The van der Waals surface area contributed by atoms with E-state index in [0.717, 1.165) is 28.0 Å². The number of rotatable bonds is 9. The first-order valence-corrected chi connectivity index (χ1v) is 10.3. The van der Waals surface area contributed by atoms with Gasteiger partial charge in [-0.15, -0.1) is 0 Å². The Balaban J connectivity index is 1.48. The lowest BCUT2D eigenvalue weighted by Gasteiger charge is -2.08. The molecule has 1 amide bonds. The van der Waals surface area contributed by atoms with E-state index < -0.39 is 0 Å². The van der Waals surface area contributed by atoms with E-state index in [1.807, 2.05) is 49.4 Å². The van der Waals surface area contributed by atoms with E-state index in [-0.39, 0.29) is 24.9 Å². The van der Waals surface area contributed by atoms with Crippen molar-refractivity contribution in [1.82, 2.24) is 4.98 Å². The maximum atomic E-state index is 12.2. The van der Waals surface area contributed by atoms with Gasteiger partial charge < -0.3 is 14.8 Å². The number of amides is 1. The van der Waals surface area contributed by atoms with Crippen LogP contribution in [0.25, 0.3) is 6.08 Å². The Hall–Kier alpha value is -3.93. The van der Waals surface area contributed by atoms with Crippen LogP contribution in [0.15, 0.2) is 73.1 Å². The van der Waals surface area contributed by atoms with Gasteiger partial charge in [0.2, 0.25) is 5.91 Å². The van der Waals surface area contributed by atoms with Crippen LogP contribution < -0.4 is 10.1 Å². The maximum Gasteiger partial charge on any atom is 0.306 e. The van der Waals surface area contributed by atoms with Gasteiger partial charge in [0.1, 0.15) is 12.4 Å². The molecule has 164 valence electrons. The fraction of sp³-hybridized carbons (Fsp3) is 0.192. The van der Waals surface area contributed by atoms with Crippen molar-refractivity contribution in [1.29, 1.82) is 0 Å². The minimum atomic E-state index is -0.276. The Morgan fingerprint density at radius 1 is 1.03 bits per heavy atom. The van der Waals surface area contributed by atoms with Crippen LogP contribution in [-0.4, -0.2) is 24.0 Å². The van der Waals surface area contributed by atoms with E-state index in [9.17, 15) is 9.59 Å². The number of aromatic nitrogens is 1. The molecule has 3 rings (SSSR count). The first kappa shape index (κ1) is 22.7. The van der Waals surface area contributed by atoms with Crippen LogP contribution >= 0.6 is 0 Å². The molecule has 1 heterocycles. The lowest BCUT2D eigenvalue weighted by molar-refractivity contribution is -0.144. The second-order valence-electron chi connectivity index (χ2n) is 7.33. The molecule has 0 bridgehead atoms.